The topological polar surface area (TPSA) is 29.5 Å². The molecule has 0 bridgehead atoms. The van der Waals surface area contributed by atoms with Crippen molar-refractivity contribution >= 4 is 0 Å². The van der Waals surface area contributed by atoms with E-state index in [9.17, 15) is 5.11 Å². The molecule has 2 nitrogen and oxygen atoms in total. The Hall–Kier alpha value is -1.46. The van der Waals surface area contributed by atoms with Gasteiger partial charge in [0.1, 0.15) is 11.9 Å². The summed E-state index contributed by atoms with van der Waals surface area (Å²) >= 11 is 0. The third kappa shape index (κ3) is 3.96. The zero-order valence-electron chi connectivity index (χ0n) is 10.2. The molecule has 1 rings (SSSR count). The molecule has 1 unspecified atom stereocenters. The predicted octanol–water partition coefficient (Wildman–Crippen LogP) is 2.78. The van der Waals surface area contributed by atoms with E-state index in [1.54, 1.807) is 7.11 Å². The van der Waals surface area contributed by atoms with Crippen LogP contribution in [0, 0.1) is 17.3 Å². The highest BCUT2D eigenvalue weighted by atomic mass is 16.5. The Morgan fingerprint density at radius 1 is 1.19 bits per heavy atom. The summed E-state index contributed by atoms with van der Waals surface area (Å²) in [7, 11) is 1.62. The highest BCUT2D eigenvalue weighted by Crippen LogP contribution is 2.18. The van der Waals surface area contributed by atoms with Crippen molar-refractivity contribution < 1.29 is 9.84 Å². The molecule has 0 fully saturated rings. The summed E-state index contributed by atoms with van der Waals surface area (Å²) < 4.78 is 5.05. The van der Waals surface area contributed by atoms with Crippen LogP contribution >= 0.6 is 0 Å². The number of hydrogen-bond acceptors (Lipinski definition) is 2. The largest absolute Gasteiger partial charge is 0.497 e. The Balaban J connectivity index is 2.79. The molecule has 0 amide bonds. The molecule has 16 heavy (non-hydrogen) atoms. The van der Waals surface area contributed by atoms with Gasteiger partial charge in [-0.2, -0.15) is 0 Å². The lowest BCUT2D eigenvalue weighted by Gasteiger charge is -2.09. The molecule has 0 saturated carbocycles. The molecular formula is C14H18O2. The fraction of sp³-hybridized carbons (Fsp3) is 0.429. The van der Waals surface area contributed by atoms with Crippen molar-refractivity contribution in [2.45, 2.75) is 26.9 Å². The quantitative estimate of drug-likeness (QED) is 0.773. The second-order valence-corrected chi connectivity index (χ2v) is 4.70. The van der Waals surface area contributed by atoms with Gasteiger partial charge in [-0.1, -0.05) is 24.0 Å². The number of hydrogen-bond donors (Lipinski definition) is 1. The fourth-order valence-electron chi connectivity index (χ4n) is 1.15. The van der Waals surface area contributed by atoms with Gasteiger partial charge < -0.3 is 9.84 Å². The van der Waals surface area contributed by atoms with Crippen LogP contribution in [0.2, 0.25) is 0 Å². The van der Waals surface area contributed by atoms with Crippen LogP contribution in [0.4, 0.5) is 0 Å². The normalized spacial score (nSPS) is 12.6. The standard InChI is InChI=1S/C14H18O2/c1-14(2,3)10-9-13(15)11-5-7-12(16-4)8-6-11/h5-8,13,15H,1-4H3. The third-order valence-corrected chi connectivity index (χ3v) is 2.02. The highest BCUT2D eigenvalue weighted by Gasteiger charge is 2.07. The SMILES string of the molecule is COc1ccc(C(O)C#CC(C)(C)C)cc1. The Morgan fingerprint density at radius 3 is 2.19 bits per heavy atom. The minimum atomic E-state index is -0.731. The molecule has 0 spiro atoms. The highest BCUT2D eigenvalue weighted by molar-refractivity contribution is 5.32. The van der Waals surface area contributed by atoms with Gasteiger partial charge >= 0.3 is 0 Å². The smallest absolute Gasteiger partial charge is 0.140 e. The second kappa shape index (κ2) is 5.05. The van der Waals surface area contributed by atoms with E-state index in [0.717, 1.165) is 11.3 Å². The van der Waals surface area contributed by atoms with E-state index in [0.29, 0.717) is 0 Å². The van der Waals surface area contributed by atoms with Crippen LogP contribution in [0.5, 0.6) is 5.75 Å². The third-order valence-electron chi connectivity index (χ3n) is 2.02. The number of ether oxygens (including phenoxy) is 1. The van der Waals surface area contributed by atoms with E-state index in [2.05, 4.69) is 11.8 Å². The molecule has 0 heterocycles. The summed E-state index contributed by atoms with van der Waals surface area (Å²) in [4.78, 5) is 0. The van der Waals surface area contributed by atoms with Gasteiger partial charge in [0.15, 0.2) is 0 Å². The van der Waals surface area contributed by atoms with Crippen molar-refractivity contribution in [3.63, 3.8) is 0 Å². The molecule has 0 radical (unpaired) electrons. The lowest BCUT2D eigenvalue weighted by Crippen LogP contribution is -2.01. The van der Waals surface area contributed by atoms with E-state index in [1.165, 1.54) is 0 Å². The molecule has 1 N–H and O–H groups in total. The van der Waals surface area contributed by atoms with Gasteiger partial charge in [-0.15, -0.1) is 0 Å². The number of aliphatic hydroxyl groups is 1. The fourth-order valence-corrected chi connectivity index (χ4v) is 1.15. The van der Waals surface area contributed by atoms with Crippen LogP contribution in [0.1, 0.15) is 32.4 Å². The number of aliphatic hydroxyl groups excluding tert-OH is 1. The maximum Gasteiger partial charge on any atom is 0.140 e. The molecule has 1 aromatic carbocycles. The van der Waals surface area contributed by atoms with Crippen molar-refractivity contribution in [3.8, 4) is 17.6 Å². The summed E-state index contributed by atoms with van der Waals surface area (Å²) in [6.07, 6.45) is -0.731. The van der Waals surface area contributed by atoms with Gasteiger partial charge in [-0.25, -0.2) is 0 Å². The summed E-state index contributed by atoms with van der Waals surface area (Å²) in [6, 6.07) is 7.27. The van der Waals surface area contributed by atoms with Crippen LogP contribution in [0.15, 0.2) is 24.3 Å². The first kappa shape index (κ1) is 12.6. The predicted molar refractivity (Wildman–Crippen MR) is 65.2 cm³/mol. The first-order chi connectivity index (χ1) is 7.42. The maximum absolute atomic E-state index is 9.83. The summed E-state index contributed by atoms with van der Waals surface area (Å²) in [6.45, 7) is 6.04. The monoisotopic (exact) mass is 218 g/mol. The molecular weight excluding hydrogens is 200 g/mol. The Labute approximate surface area is 97.3 Å². The van der Waals surface area contributed by atoms with Gasteiger partial charge in [0.25, 0.3) is 0 Å². The van der Waals surface area contributed by atoms with Crippen molar-refractivity contribution in [2.75, 3.05) is 7.11 Å². The van der Waals surface area contributed by atoms with E-state index in [1.807, 2.05) is 45.0 Å². The van der Waals surface area contributed by atoms with Crippen LogP contribution < -0.4 is 4.74 Å². The van der Waals surface area contributed by atoms with Gasteiger partial charge in [0.2, 0.25) is 0 Å². The zero-order valence-corrected chi connectivity index (χ0v) is 10.2. The summed E-state index contributed by atoms with van der Waals surface area (Å²) in [5.41, 5.74) is 0.700. The maximum atomic E-state index is 9.83. The zero-order chi connectivity index (χ0) is 12.2. The average molecular weight is 218 g/mol. The lowest BCUT2D eigenvalue weighted by atomic mass is 9.97. The van der Waals surface area contributed by atoms with Crippen molar-refractivity contribution in [1.29, 1.82) is 0 Å². The lowest BCUT2D eigenvalue weighted by molar-refractivity contribution is 0.237. The molecule has 0 aliphatic carbocycles. The van der Waals surface area contributed by atoms with Gasteiger partial charge in [0, 0.05) is 5.41 Å². The van der Waals surface area contributed by atoms with Crippen LogP contribution in [0.3, 0.4) is 0 Å². The average Bonchev–Trinajstić information content (AvgIpc) is 2.25. The molecule has 86 valence electrons. The van der Waals surface area contributed by atoms with Crippen LogP contribution in [0.25, 0.3) is 0 Å². The molecule has 0 aromatic heterocycles. The summed E-state index contributed by atoms with van der Waals surface area (Å²) in [5.74, 6) is 6.64. The second-order valence-electron chi connectivity index (χ2n) is 4.70. The van der Waals surface area contributed by atoms with E-state index >= 15 is 0 Å². The van der Waals surface area contributed by atoms with Crippen LogP contribution in [-0.2, 0) is 0 Å². The molecule has 2 heteroatoms. The van der Waals surface area contributed by atoms with Crippen LogP contribution in [-0.4, -0.2) is 12.2 Å². The Kier molecular flexibility index (Phi) is 3.98. The van der Waals surface area contributed by atoms with E-state index in [4.69, 9.17) is 4.74 Å². The van der Waals surface area contributed by atoms with Crippen molar-refractivity contribution in [1.82, 2.24) is 0 Å². The summed E-state index contributed by atoms with van der Waals surface area (Å²) in [5, 5.41) is 9.83. The Bertz CT molecular complexity index is 387. The molecule has 0 aliphatic heterocycles. The van der Waals surface area contributed by atoms with E-state index < -0.39 is 6.10 Å². The molecule has 0 saturated heterocycles. The molecule has 0 aliphatic rings. The van der Waals surface area contributed by atoms with Crippen molar-refractivity contribution in [3.05, 3.63) is 29.8 Å². The van der Waals surface area contributed by atoms with Gasteiger partial charge in [0.05, 0.1) is 7.11 Å². The molecule has 1 atom stereocenters. The Morgan fingerprint density at radius 2 is 1.75 bits per heavy atom. The van der Waals surface area contributed by atoms with Crippen molar-refractivity contribution in [2.24, 2.45) is 5.41 Å². The van der Waals surface area contributed by atoms with E-state index in [-0.39, 0.29) is 5.41 Å². The van der Waals surface area contributed by atoms with Gasteiger partial charge in [-0.3, -0.25) is 0 Å². The van der Waals surface area contributed by atoms with Gasteiger partial charge in [-0.05, 0) is 38.5 Å². The minimum Gasteiger partial charge on any atom is -0.497 e. The minimum absolute atomic E-state index is 0.0898. The number of benzene rings is 1. The first-order valence-electron chi connectivity index (χ1n) is 5.27. The number of methoxy groups -OCH3 is 1. The number of rotatable bonds is 2. The first-order valence-corrected chi connectivity index (χ1v) is 5.27. The molecule has 1 aromatic rings.